The molecule has 0 aliphatic carbocycles. The van der Waals surface area contributed by atoms with Gasteiger partial charge < -0.3 is 14.4 Å². The average molecular weight is 524 g/mol. The Morgan fingerprint density at radius 3 is 2.74 bits per heavy atom. The second-order valence-electron chi connectivity index (χ2n) is 8.00. The number of thiophene rings is 1. The first-order valence-corrected chi connectivity index (χ1v) is 13.2. The number of imidazole rings is 1. The van der Waals surface area contributed by atoms with Crippen molar-refractivity contribution in [3.05, 3.63) is 75.4 Å². The summed E-state index contributed by atoms with van der Waals surface area (Å²) in [5.41, 5.74) is 0.557. The quantitative estimate of drug-likeness (QED) is 0.465. The minimum absolute atomic E-state index is 0.0600. The predicted molar refractivity (Wildman–Crippen MR) is 131 cm³/mol. The van der Waals surface area contributed by atoms with E-state index in [4.69, 9.17) is 11.6 Å². The van der Waals surface area contributed by atoms with Gasteiger partial charge in [0, 0.05) is 35.6 Å². The number of carbonyl (C=O) groups excluding carboxylic acids is 1. The van der Waals surface area contributed by atoms with Crippen molar-refractivity contribution in [2.24, 2.45) is 0 Å². The molecular weight excluding hydrogens is 501 g/mol. The fourth-order valence-corrected chi connectivity index (χ4v) is 5.88. The summed E-state index contributed by atoms with van der Waals surface area (Å²) in [5, 5.41) is 0. The largest absolute Gasteiger partial charge is 0.303 e. The van der Waals surface area contributed by atoms with E-state index in [1.807, 2.05) is 19.0 Å². The Bertz CT molecular complexity index is 1350. The molecule has 1 N–H and O–H groups in total. The number of aromatic nitrogens is 2. The van der Waals surface area contributed by atoms with Gasteiger partial charge in [0.05, 0.1) is 22.3 Å². The lowest BCUT2D eigenvalue weighted by molar-refractivity contribution is -0.114. The van der Waals surface area contributed by atoms with E-state index >= 15 is 4.39 Å². The molecule has 0 saturated carbocycles. The number of benzene rings is 1. The minimum Gasteiger partial charge on any atom is -0.303 e. The molecule has 1 aliphatic heterocycles. The molecule has 3 heterocycles. The van der Waals surface area contributed by atoms with Crippen LogP contribution in [-0.2, 0) is 27.8 Å². The zero-order valence-electron chi connectivity index (χ0n) is 18.5. The number of aryl methyl sites for hydroxylation is 1. The van der Waals surface area contributed by atoms with E-state index in [0.717, 1.165) is 10.7 Å². The van der Waals surface area contributed by atoms with Gasteiger partial charge in [0.2, 0.25) is 10.0 Å². The Labute approximate surface area is 206 Å². The van der Waals surface area contributed by atoms with Gasteiger partial charge in [-0.3, -0.25) is 9.52 Å². The number of hydrogen-bond acceptors (Lipinski definition) is 6. The van der Waals surface area contributed by atoms with Gasteiger partial charge in [0.15, 0.2) is 0 Å². The van der Waals surface area contributed by atoms with Crippen molar-refractivity contribution < 1.29 is 17.6 Å². The van der Waals surface area contributed by atoms with Crippen LogP contribution in [0.2, 0.25) is 4.34 Å². The smallest absolute Gasteiger partial charge is 0.275 e. The van der Waals surface area contributed by atoms with Crippen LogP contribution in [0.4, 0.5) is 10.1 Å². The van der Waals surface area contributed by atoms with Crippen molar-refractivity contribution in [2.45, 2.75) is 13.0 Å². The SMILES string of the molecule is CN(C)Cc1nccn1-c1ccc(N2CC=C(NS(=O)(=O)CCc3ccc(Cl)s3)C2=O)c(F)c1. The number of halogens is 2. The van der Waals surface area contributed by atoms with E-state index < -0.39 is 21.7 Å². The first-order valence-electron chi connectivity index (χ1n) is 10.4. The summed E-state index contributed by atoms with van der Waals surface area (Å²) in [6.45, 7) is 0.637. The lowest BCUT2D eigenvalue weighted by Crippen LogP contribution is -2.34. The van der Waals surface area contributed by atoms with E-state index in [1.165, 1.54) is 34.4 Å². The van der Waals surface area contributed by atoms with Gasteiger partial charge in [0.25, 0.3) is 5.91 Å². The van der Waals surface area contributed by atoms with Crippen LogP contribution in [-0.4, -0.2) is 55.2 Å². The molecular formula is C22H23ClFN5O3S2. The van der Waals surface area contributed by atoms with Crippen LogP contribution in [0.5, 0.6) is 0 Å². The summed E-state index contributed by atoms with van der Waals surface area (Å²) >= 11 is 7.19. The number of sulfonamides is 1. The van der Waals surface area contributed by atoms with Crippen molar-refractivity contribution in [1.82, 2.24) is 19.2 Å². The highest BCUT2D eigenvalue weighted by atomic mass is 35.5. The predicted octanol–water partition coefficient (Wildman–Crippen LogP) is 3.18. The first-order chi connectivity index (χ1) is 16.1. The topological polar surface area (TPSA) is 87.5 Å². The zero-order valence-corrected chi connectivity index (χ0v) is 20.9. The maximum Gasteiger partial charge on any atom is 0.275 e. The monoisotopic (exact) mass is 523 g/mol. The summed E-state index contributed by atoms with van der Waals surface area (Å²) in [6, 6.07) is 8.01. The fraction of sp³-hybridized carbons (Fsp3) is 0.273. The highest BCUT2D eigenvalue weighted by Gasteiger charge is 2.30. The summed E-state index contributed by atoms with van der Waals surface area (Å²) in [5.74, 6) is -0.650. The second kappa shape index (κ2) is 9.87. The molecule has 0 atom stereocenters. The molecule has 1 amide bonds. The van der Waals surface area contributed by atoms with Crippen molar-refractivity contribution >= 4 is 44.6 Å². The van der Waals surface area contributed by atoms with Gasteiger partial charge in [-0.2, -0.15) is 0 Å². The second-order valence-corrected chi connectivity index (χ2v) is 11.6. The highest BCUT2D eigenvalue weighted by molar-refractivity contribution is 7.89. The minimum atomic E-state index is -3.76. The number of nitrogens with zero attached hydrogens (tertiary/aromatic N) is 4. The van der Waals surface area contributed by atoms with Crippen LogP contribution in [0, 0.1) is 5.82 Å². The molecule has 0 spiro atoms. The summed E-state index contributed by atoms with van der Waals surface area (Å²) in [6.07, 6.45) is 5.11. The zero-order chi connectivity index (χ0) is 24.5. The van der Waals surface area contributed by atoms with Crippen LogP contribution in [0.3, 0.4) is 0 Å². The van der Waals surface area contributed by atoms with Crippen molar-refractivity contribution in [2.75, 3.05) is 31.3 Å². The molecule has 0 radical (unpaired) electrons. The molecule has 2 aromatic heterocycles. The van der Waals surface area contributed by atoms with E-state index in [0.29, 0.717) is 16.6 Å². The van der Waals surface area contributed by atoms with E-state index in [2.05, 4.69) is 9.71 Å². The van der Waals surface area contributed by atoms with Crippen LogP contribution >= 0.6 is 22.9 Å². The molecule has 4 rings (SSSR count). The molecule has 1 aliphatic rings. The lowest BCUT2D eigenvalue weighted by atomic mass is 10.2. The number of carbonyl (C=O) groups is 1. The van der Waals surface area contributed by atoms with Crippen LogP contribution in [0.15, 0.2) is 54.5 Å². The fourth-order valence-electron chi connectivity index (χ4n) is 3.56. The van der Waals surface area contributed by atoms with Crippen LogP contribution in [0.25, 0.3) is 5.69 Å². The van der Waals surface area contributed by atoms with Gasteiger partial charge in [-0.1, -0.05) is 11.6 Å². The number of hydrogen-bond donors (Lipinski definition) is 1. The molecule has 0 saturated heterocycles. The molecule has 34 heavy (non-hydrogen) atoms. The van der Waals surface area contributed by atoms with Gasteiger partial charge in [-0.25, -0.2) is 17.8 Å². The van der Waals surface area contributed by atoms with Crippen molar-refractivity contribution in [3.63, 3.8) is 0 Å². The summed E-state index contributed by atoms with van der Waals surface area (Å²) in [7, 11) is 0.0661. The van der Waals surface area contributed by atoms with Crippen molar-refractivity contribution in [3.8, 4) is 5.69 Å². The molecule has 0 unspecified atom stereocenters. The number of amides is 1. The highest BCUT2D eigenvalue weighted by Crippen LogP contribution is 2.27. The Hall–Kier alpha value is -2.73. The van der Waals surface area contributed by atoms with Gasteiger partial charge >= 0.3 is 0 Å². The standard InChI is InChI=1S/C22H23ClFN5O3S2/c1-27(2)14-21-25-9-11-28(21)15-3-5-19(17(24)13-15)29-10-7-18(22(29)30)26-34(31,32)12-8-16-4-6-20(23)33-16/h3-7,9,11,13,26H,8,10,12,14H2,1-2H3. The van der Waals surface area contributed by atoms with Crippen LogP contribution < -0.4 is 9.62 Å². The van der Waals surface area contributed by atoms with Gasteiger partial charge in [0.1, 0.15) is 17.3 Å². The van der Waals surface area contributed by atoms with Crippen molar-refractivity contribution in [1.29, 1.82) is 0 Å². The lowest BCUT2D eigenvalue weighted by Gasteiger charge is -2.19. The Kier molecular flexibility index (Phi) is 7.08. The Morgan fingerprint density at radius 1 is 1.26 bits per heavy atom. The average Bonchev–Trinajstić information content (AvgIpc) is 3.48. The summed E-state index contributed by atoms with van der Waals surface area (Å²) in [4.78, 5) is 21.1. The van der Waals surface area contributed by atoms with Gasteiger partial charge in [-0.15, -0.1) is 11.3 Å². The number of anilines is 1. The normalized spacial score (nSPS) is 14.2. The van der Waals surface area contributed by atoms with E-state index in [1.54, 1.807) is 35.2 Å². The third-order valence-corrected chi connectivity index (χ3v) is 7.70. The summed E-state index contributed by atoms with van der Waals surface area (Å²) < 4.78 is 44.7. The molecule has 0 bridgehead atoms. The molecule has 0 fully saturated rings. The first kappa shape index (κ1) is 24.4. The third kappa shape index (κ3) is 5.49. The van der Waals surface area contributed by atoms with Crippen LogP contribution in [0.1, 0.15) is 10.7 Å². The number of rotatable bonds is 9. The molecule has 8 nitrogen and oxygen atoms in total. The molecule has 180 valence electrons. The van der Waals surface area contributed by atoms with E-state index in [-0.39, 0.29) is 30.1 Å². The van der Waals surface area contributed by atoms with Gasteiger partial charge in [-0.05, 0) is 50.9 Å². The third-order valence-electron chi connectivity index (χ3n) is 5.14. The molecule has 3 aromatic rings. The Morgan fingerprint density at radius 2 is 2.06 bits per heavy atom. The Balaban J connectivity index is 1.44. The molecule has 1 aromatic carbocycles. The number of nitrogens with one attached hydrogen (secondary N) is 1. The van der Waals surface area contributed by atoms with E-state index in [9.17, 15) is 13.2 Å². The maximum absolute atomic E-state index is 15.0. The maximum atomic E-state index is 15.0. The molecule has 12 heteroatoms.